The molecular weight excluding hydrogens is 262 g/mol. The predicted octanol–water partition coefficient (Wildman–Crippen LogP) is 3.77. The van der Waals surface area contributed by atoms with E-state index in [4.69, 9.17) is 9.47 Å². The molecule has 0 heterocycles. The van der Waals surface area contributed by atoms with Gasteiger partial charge in [-0.3, -0.25) is 0 Å². The molecule has 3 heteroatoms. The first-order valence-corrected chi connectivity index (χ1v) is 8.17. The van der Waals surface area contributed by atoms with Crippen LogP contribution in [0.2, 0.25) is 0 Å². The largest absolute Gasteiger partial charge is 0.490 e. The van der Waals surface area contributed by atoms with Crippen LogP contribution in [-0.4, -0.2) is 25.9 Å². The minimum atomic E-state index is 0.287. The highest BCUT2D eigenvalue weighted by molar-refractivity contribution is 5.33. The van der Waals surface area contributed by atoms with Crippen molar-refractivity contribution in [2.75, 3.05) is 13.7 Å². The standard InChI is InChI=1S/C18H29NO2/c1-14(2)12-19-13-15-7-4-5-10-18(15)21-17-9-6-8-16(11-17)20-3/h4-5,7,10,14,16-17,19H,6,8-9,11-13H2,1-3H3. The molecule has 0 radical (unpaired) electrons. The van der Waals surface area contributed by atoms with Crippen LogP contribution in [0.5, 0.6) is 5.75 Å². The lowest BCUT2D eigenvalue weighted by Crippen LogP contribution is -2.30. The van der Waals surface area contributed by atoms with Crippen molar-refractivity contribution in [1.82, 2.24) is 5.32 Å². The molecule has 1 saturated carbocycles. The highest BCUT2D eigenvalue weighted by Crippen LogP contribution is 2.27. The monoisotopic (exact) mass is 291 g/mol. The lowest BCUT2D eigenvalue weighted by molar-refractivity contribution is 0.0206. The maximum Gasteiger partial charge on any atom is 0.124 e. The van der Waals surface area contributed by atoms with E-state index in [-0.39, 0.29) is 6.10 Å². The van der Waals surface area contributed by atoms with E-state index in [1.807, 2.05) is 0 Å². The normalized spacial score (nSPS) is 22.5. The van der Waals surface area contributed by atoms with E-state index in [0.29, 0.717) is 12.0 Å². The summed E-state index contributed by atoms with van der Waals surface area (Å²) in [6.07, 6.45) is 5.13. The zero-order chi connectivity index (χ0) is 15.1. The Bertz CT molecular complexity index is 419. The Morgan fingerprint density at radius 2 is 1.95 bits per heavy atom. The number of methoxy groups -OCH3 is 1. The van der Waals surface area contributed by atoms with Gasteiger partial charge in [0.1, 0.15) is 11.9 Å². The first-order chi connectivity index (χ1) is 10.2. The van der Waals surface area contributed by atoms with Crippen LogP contribution in [0.4, 0.5) is 0 Å². The number of nitrogens with one attached hydrogen (secondary N) is 1. The molecule has 0 aromatic heterocycles. The van der Waals surface area contributed by atoms with Crippen molar-refractivity contribution in [3.63, 3.8) is 0 Å². The molecule has 1 N–H and O–H groups in total. The second kappa shape index (κ2) is 8.40. The fraction of sp³-hybridized carbons (Fsp3) is 0.667. The van der Waals surface area contributed by atoms with Gasteiger partial charge in [-0.15, -0.1) is 0 Å². The molecular formula is C18H29NO2. The third-order valence-corrected chi connectivity index (χ3v) is 4.05. The molecule has 2 atom stereocenters. The second-order valence-corrected chi connectivity index (χ2v) is 6.40. The molecule has 0 saturated heterocycles. The Morgan fingerprint density at radius 1 is 1.19 bits per heavy atom. The van der Waals surface area contributed by atoms with Crippen LogP contribution in [0, 0.1) is 5.92 Å². The van der Waals surface area contributed by atoms with Gasteiger partial charge in [0.2, 0.25) is 0 Å². The van der Waals surface area contributed by atoms with Gasteiger partial charge in [-0.05, 0) is 37.8 Å². The van der Waals surface area contributed by atoms with E-state index in [1.54, 1.807) is 7.11 Å². The van der Waals surface area contributed by atoms with Crippen molar-refractivity contribution in [3.8, 4) is 5.75 Å². The highest BCUT2D eigenvalue weighted by atomic mass is 16.5. The number of rotatable bonds is 7. The molecule has 3 nitrogen and oxygen atoms in total. The summed E-state index contributed by atoms with van der Waals surface area (Å²) < 4.78 is 11.7. The van der Waals surface area contributed by atoms with Gasteiger partial charge in [-0.2, -0.15) is 0 Å². The van der Waals surface area contributed by atoms with Gasteiger partial charge in [0.15, 0.2) is 0 Å². The molecule has 1 aliphatic rings. The van der Waals surface area contributed by atoms with Gasteiger partial charge < -0.3 is 14.8 Å². The third kappa shape index (κ3) is 5.33. The van der Waals surface area contributed by atoms with Gasteiger partial charge in [0.25, 0.3) is 0 Å². The Balaban J connectivity index is 1.92. The van der Waals surface area contributed by atoms with E-state index in [2.05, 4.69) is 43.4 Å². The van der Waals surface area contributed by atoms with Crippen LogP contribution in [0.15, 0.2) is 24.3 Å². The third-order valence-electron chi connectivity index (χ3n) is 4.05. The van der Waals surface area contributed by atoms with Crippen LogP contribution in [-0.2, 0) is 11.3 Å². The molecule has 0 bridgehead atoms. The molecule has 118 valence electrons. The number of benzene rings is 1. The fourth-order valence-electron chi connectivity index (χ4n) is 2.86. The zero-order valence-corrected chi connectivity index (χ0v) is 13.6. The summed E-state index contributed by atoms with van der Waals surface area (Å²) in [6, 6.07) is 8.37. The Kier molecular flexibility index (Phi) is 6.52. The molecule has 0 amide bonds. The van der Waals surface area contributed by atoms with E-state index < -0.39 is 0 Å². The molecule has 1 aliphatic carbocycles. The molecule has 0 spiro atoms. The van der Waals surface area contributed by atoms with Crippen molar-refractivity contribution in [1.29, 1.82) is 0 Å². The lowest BCUT2D eigenvalue weighted by atomic mass is 9.95. The summed E-state index contributed by atoms with van der Waals surface area (Å²) in [5.74, 6) is 1.69. The van der Waals surface area contributed by atoms with E-state index in [0.717, 1.165) is 38.1 Å². The Hall–Kier alpha value is -1.06. The zero-order valence-electron chi connectivity index (χ0n) is 13.6. The summed E-state index contributed by atoms with van der Waals surface area (Å²) in [6.45, 7) is 6.35. The SMILES string of the molecule is COC1CCCC(Oc2ccccc2CNCC(C)C)C1. The van der Waals surface area contributed by atoms with Gasteiger partial charge in [-0.25, -0.2) is 0 Å². The van der Waals surface area contributed by atoms with E-state index in [1.165, 1.54) is 12.0 Å². The molecule has 2 rings (SSSR count). The van der Waals surface area contributed by atoms with Crippen molar-refractivity contribution < 1.29 is 9.47 Å². The highest BCUT2D eigenvalue weighted by Gasteiger charge is 2.23. The van der Waals surface area contributed by atoms with Gasteiger partial charge in [-0.1, -0.05) is 32.0 Å². The summed E-state index contributed by atoms with van der Waals surface area (Å²) in [5.41, 5.74) is 1.25. The Labute approximate surface area is 129 Å². The topological polar surface area (TPSA) is 30.5 Å². The summed E-state index contributed by atoms with van der Waals surface area (Å²) in [4.78, 5) is 0. The Morgan fingerprint density at radius 3 is 2.71 bits per heavy atom. The summed E-state index contributed by atoms with van der Waals surface area (Å²) >= 11 is 0. The number of hydrogen-bond donors (Lipinski definition) is 1. The van der Waals surface area contributed by atoms with Crippen LogP contribution < -0.4 is 10.1 Å². The van der Waals surface area contributed by atoms with Crippen LogP contribution in [0.3, 0.4) is 0 Å². The maximum absolute atomic E-state index is 6.26. The molecule has 1 fully saturated rings. The minimum Gasteiger partial charge on any atom is -0.490 e. The fourth-order valence-corrected chi connectivity index (χ4v) is 2.86. The van der Waals surface area contributed by atoms with Crippen molar-refractivity contribution in [3.05, 3.63) is 29.8 Å². The van der Waals surface area contributed by atoms with Crippen LogP contribution in [0.1, 0.15) is 45.1 Å². The first kappa shape index (κ1) is 16.3. The minimum absolute atomic E-state index is 0.287. The summed E-state index contributed by atoms with van der Waals surface area (Å²) in [5, 5.41) is 3.49. The smallest absolute Gasteiger partial charge is 0.124 e. The number of para-hydroxylation sites is 1. The maximum atomic E-state index is 6.26. The van der Waals surface area contributed by atoms with Gasteiger partial charge in [0.05, 0.1) is 6.10 Å². The van der Waals surface area contributed by atoms with Crippen LogP contribution in [0.25, 0.3) is 0 Å². The van der Waals surface area contributed by atoms with Gasteiger partial charge in [0, 0.05) is 25.6 Å². The number of ether oxygens (including phenoxy) is 2. The number of hydrogen-bond acceptors (Lipinski definition) is 3. The average molecular weight is 291 g/mol. The van der Waals surface area contributed by atoms with Crippen LogP contribution >= 0.6 is 0 Å². The summed E-state index contributed by atoms with van der Waals surface area (Å²) in [7, 11) is 1.80. The molecule has 0 aliphatic heterocycles. The molecule has 1 aromatic rings. The first-order valence-electron chi connectivity index (χ1n) is 8.17. The van der Waals surface area contributed by atoms with Crippen molar-refractivity contribution in [2.24, 2.45) is 5.92 Å². The van der Waals surface area contributed by atoms with Gasteiger partial charge >= 0.3 is 0 Å². The van der Waals surface area contributed by atoms with Crippen molar-refractivity contribution in [2.45, 2.75) is 58.3 Å². The second-order valence-electron chi connectivity index (χ2n) is 6.40. The molecule has 2 unspecified atom stereocenters. The molecule has 21 heavy (non-hydrogen) atoms. The van der Waals surface area contributed by atoms with Crippen molar-refractivity contribution >= 4 is 0 Å². The van der Waals surface area contributed by atoms with E-state index >= 15 is 0 Å². The van der Waals surface area contributed by atoms with E-state index in [9.17, 15) is 0 Å². The quantitative estimate of drug-likeness (QED) is 0.829. The molecule has 1 aromatic carbocycles. The predicted molar refractivity (Wildman–Crippen MR) is 86.7 cm³/mol. The average Bonchev–Trinajstić information content (AvgIpc) is 2.49. The lowest BCUT2D eigenvalue weighted by Gasteiger charge is -2.29.